The van der Waals surface area contributed by atoms with Crippen molar-refractivity contribution in [3.8, 4) is 0 Å². The Morgan fingerprint density at radius 2 is 1.83 bits per heavy atom. The van der Waals surface area contributed by atoms with Crippen LogP contribution in [0.15, 0.2) is 30.3 Å². The van der Waals surface area contributed by atoms with Crippen molar-refractivity contribution in [3.63, 3.8) is 0 Å². The minimum atomic E-state index is 0.00575. The lowest BCUT2D eigenvalue weighted by Gasteiger charge is -2.26. The van der Waals surface area contributed by atoms with E-state index in [-0.39, 0.29) is 5.91 Å². The van der Waals surface area contributed by atoms with E-state index in [9.17, 15) is 4.79 Å². The van der Waals surface area contributed by atoms with Crippen LogP contribution in [0.3, 0.4) is 0 Å². The van der Waals surface area contributed by atoms with Crippen LogP contribution in [0.25, 0.3) is 0 Å². The van der Waals surface area contributed by atoms with Gasteiger partial charge < -0.3 is 10.2 Å². The van der Waals surface area contributed by atoms with Crippen molar-refractivity contribution in [1.29, 1.82) is 0 Å². The van der Waals surface area contributed by atoms with Gasteiger partial charge in [0.1, 0.15) is 0 Å². The number of hydrogen-bond acceptors (Lipinski definition) is 2. The van der Waals surface area contributed by atoms with Crippen molar-refractivity contribution in [2.24, 2.45) is 5.92 Å². The standard InChI is InChI=1S/C15H24N2O/c1-12(2)10-14(17(3)4)11-16-15(18)13-8-6-5-7-9-13/h5-9,12,14H,10-11H2,1-4H3,(H,16,18). The van der Waals surface area contributed by atoms with Gasteiger partial charge in [0.05, 0.1) is 0 Å². The first-order chi connectivity index (χ1) is 8.50. The van der Waals surface area contributed by atoms with Crippen LogP contribution in [0.4, 0.5) is 0 Å². The average Bonchev–Trinajstić information content (AvgIpc) is 2.34. The number of nitrogens with one attached hydrogen (secondary N) is 1. The maximum atomic E-state index is 11.9. The van der Waals surface area contributed by atoms with Crippen molar-refractivity contribution in [1.82, 2.24) is 10.2 Å². The van der Waals surface area contributed by atoms with Gasteiger partial charge in [-0.15, -0.1) is 0 Å². The van der Waals surface area contributed by atoms with Gasteiger partial charge in [0, 0.05) is 18.2 Å². The molecule has 1 aromatic rings. The second-order valence-corrected chi connectivity index (χ2v) is 5.32. The Balaban J connectivity index is 2.50. The Morgan fingerprint density at radius 1 is 1.22 bits per heavy atom. The molecule has 1 N–H and O–H groups in total. The van der Waals surface area contributed by atoms with E-state index in [2.05, 4.69) is 38.2 Å². The first-order valence-corrected chi connectivity index (χ1v) is 6.50. The SMILES string of the molecule is CC(C)CC(CNC(=O)c1ccccc1)N(C)C. The number of amides is 1. The zero-order valence-corrected chi connectivity index (χ0v) is 11.8. The van der Waals surface area contributed by atoms with Crippen LogP contribution in [0.5, 0.6) is 0 Å². The number of rotatable bonds is 6. The summed E-state index contributed by atoms with van der Waals surface area (Å²) >= 11 is 0. The molecular formula is C15H24N2O. The fourth-order valence-corrected chi connectivity index (χ4v) is 1.92. The first-order valence-electron chi connectivity index (χ1n) is 6.50. The maximum absolute atomic E-state index is 11.9. The summed E-state index contributed by atoms with van der Waals surface area (Å²) in [5.74, 6) is 0.636. The molecule has 0 saturated heterocycles. The molecule has 0 aliphatic carbocycles. The molecule has 0 spiro atoms. The van der Waals surface area contributed by atoms with E-state index in [0.717, 1.165) is 12.0 Å². The third-order valence-electron chi connectivity index (χ3n) is 3.01. The Kier molecular flexibility index (Phi) is 5.86. The van der Waals surface area contributed by atoms with Crippen LogP contribution < -0.4 is 5.32 Å². The number of likely N-dealkylation sites (N-methyl/N-ethyl adjacent to an activating group) is 1. The molecule has 1 amide bonds. The highest BCUT2D eigenvalue weighted by Gasteiger charge is 2.14. The van der Waals surface area contributed by atoms with Crippen molar-refractivity contribution >= 4 is 5.91 Å². The molecule has 0 aromatic heterocycles. The lowest BCUT2D eigenvalue weighted by atomic mass is 10.0. The Hall–Kier alpha value is -1.35. The largest absolute Gasteiger partial charge is 0.350 e. The molecule has 0 saturated carbocycles. The molecule has 0 fully saturated rings. The lowest BCUT2D eigenvalue weighted by Crippen LogP contribution is -2.41. The molecule has 1 rings (SSSR count). The van der Waals surface area contributed by atoms with Gasteiger partial charge in [-0.05, 0) is 38.6 Å². The molecule has 0 radical (unpaired) electrons. The monoisotopic (exact) mass is 248 g/mol. The van der Waals surface area contributed by atoms with Crippen LogP contribution in [-0.4, -0.2) is 37.5 Å². The zero-order valence-electron chi connectivity index (χ0n) is 11.8. The smallest absolute Gasteiger partial charge is 0.251 e. The highest BCUT2D eigenvalue weighted by atomic mass is 16.1. The lowest BCUT2D eigenvalue weighted by molar-refractivity contribution is 0.0938. The normalized spacial score (nSPS) is 12.8. The third kappa shape index (κ3) is 4.88. The van der Waals surface area contributed by atoms with E-state index >= 15 is 0 Å². The molecular weight excluding hydrogens is 224 g/mol. The van der Waals surface area contributed by atoms with E-state index in [1.54, 1.807) is 0 Å². The first kappa shape index (κ1) is 14.7. The van der Waals surface area contributed by atoms with Crippen LogP contribution in [0.1, 0.15) is 30.6 Å². The van der Waals surface area contributed by atoms with Crippen molar-refractivity contribution in [2.75, 3.05) is 20.6 Å². The van der Waals surface area contributed by atoms with Crippen LogP contribution in [0, 0.1) is 5.92 Å². The van der Waals surface area contributed by atoms with Crippen molar-refractivity contribution in [2.45, 2.75) is 26.3 Å². The van der Waals surface area contributed by atoms with E-state index in [1.165, 1.54) is 0 Å². The average molecular weight is 248 g/mol. The molecule has 1 atom stereocenters. The van der Waals surface area contributed by atoms with Crippen molar-refractivity contribution in [3.05, 3.63) is 35.9 Å². The quantitative estimate of drug-likeness (QED) is 0.838. The summed E-state index contributed by atoms with van der Waals surface area (Å²) in [6, 6.07) is 9.74. The molecule has 0 bridgehead atoms. The van der Waals surface area contributed by atoms with Gasteiger partial charge in [-0.2, -0.15) is 0 Å². The molecule has 0 aliphatic rings. The molecule has 1 aromatic carbocycles. The summed E-state index contributed by atoms with van der Waals surface area (Å²) in [7, 11) is 4.11. The summed E-state index contributed by atoms with van der Waals surface area (Å²) in [5.41, 5.74) is 0.722. The van der Waals surface area contributed by atoms with Gasteiger partial charge in [-0.25, -0.2) is 0 Å². The summed E-state index contributed by atoms with van der Waals surface area (Å²) in [4.78, 5) is 14.1. The predicted molar refractivity (Wildman–Crippen MR) is 75.7 cm³/mol. The summed E-state index contributed by atoms with van der Waals surface area (Å²) in [6.45, 7) is 5.10. The number of nitrogens with zero attached hydrogens (tertiary/aromatic N) is 1. The van der Waals surface area contributed by atoms with E-state index < -0.39 is 0 Å². The minimum Gasteiger partial charge on any atom is -0.350 e. The number of benzene rings is 1. The van der Waals surface area contributed by atoms with Gasteiger partial charge in [0.15, 0.2) is 0 Å². The highest BCUT2D eigenvalue weighted by molar-refractivity contribution is 5.94. The Bertz CT molecular complexity index is 360. The fourth-order valence-electron chi connectivity index (χ4n) is 1.92. The Labute approximate surface area is 110 Å². The van der Waals surface area contributed by atoms with Gasteiger partial charge >= 0.3 is 0 Å². The van der Waals surface area contributed by atoms with Crippen molar-refractivity contribution < 1.29 is 4.79 Å². The van der Waals surface area contributed by atoms with E-state index in [0.29, 0.717) is 18.5 Å². The fraction of sp³-hybridized carbons (Fsp3) is 0.533. The van der Waals surface area contributed by atoms with Gasteiger partial charge in [-0.3, -0.25) is 4.79 Å². The molecule has 3 nitrogen and oxygen atoms in total. The highest BCUT2D eigenvalue weighted by Crippen LogP contribution is 2.08. The van der Waals surface area contributed by atoms with Gasteiger partial charge in [-0.1, -0.05) is 32.0 Å². The molecule has 100 valence electrons. The molecule has 0 aliphatic heterocycles. The zero-order chi connectivity index (χ0) is 13.5. The van der Waals surface area contributed by atoms with Gasteiger partial charge in [0.2, 0.25) is 0 Å². The number of hydrogen-bond donors (Lipinski definition) is 1. The molecule has 1 unspecified atom stereocenters. The Morgan fingerprint density at radius 3 is 2.33 bits per heavy atom. The second-order valence-electron chi connectivity index (χ2n) is 5.32. The maximum Gasteiger partial charge on any atom is 0.251 e. The summed E-state index contributed by atoms with van der Waals surface area (Å²) in [6.07, 6.45) is 1.09. The third-order valence-corrected chi connectivity index (χ3v) is 3.01. The van der Waals surface area contributed by atoms with Crippen LogP contribution in [0.2, 0.25) is 0 Å². The van der Waals surface area contributed by atoms with Crippen LogP contribution >= 0.6 is 0 Å². The molecule has 3 heteroatoms. The van der Waals surface area contributed by atoms with E-state index in [1.807, 2.05) is 30.3 Å². The predicted octanol–water partition coefficient (Wildman–Crippen LogP) is 2.39. The molecule has 18 heavy (non-hydrogen) atoms. The van der Waals surface area contributed by atoms with Gasteiger partial charge in [0.25, 0.3) is 5.91 Å². The molecule has 0 heterocycles. The van der Waals surface area contributed by atoms with Crippen LogP contribution in [-0.2, 0) is 0 Å². The summed E-state index contributed by atoms with van der Waals surface area (Å²) < 4.78 is 0. The topological polar surface area (TPSA) is 32.3 Å². The van der Waals surface area contributed by atoms with E-state index in [4.69, 9.17) is 0 Å². The number of carbonyl (C=O) groups is 1. The minimum absolute atomic E-state index is 0.00575. The second kappa shape index (κ2) is 7.17. The summed E-state index contributed by atoms with van der Waals surface area (Å²) in [5, 5.41) is 3.01. The number of carbonyl (C=O) groups excluding carboxylic acids is 1.